The van der Waals surface area contributed by atoms with Gasteiger partial charge in [-0.05, 0) is 43.2 Å². The molecule has 0 amide bonds. The summed E-state index contributed by atoms with van der Waals surface area (Å²) in [7, 11) is 1.48. The van der Waals surface area contributed by atoms with E-state index in [1.54, 1.807) is 6.07 Å². The van der Waals surface area contributed by atoms with Crippen molar-refractivity contribution < 1.29 is 14.2 Å². The first-order valence-electron chi connectivity index (χ1n) is 9.41. The normalized spacial score (nSPS) is 18.6. The molecule has 1 N–H and O–H groups in total. The minimum atomic E-state index is -0.338. The van der Waals surface area contributed by atoms with Crippen LogP contribution in [0.4, 0.5) is 4.39 Å². The largest absolute Gasteiger partial charge is 0.494 e. The second-order valence-corrected chi connectivity index (χ2v) is 7.11. The van der Waals surface area contributed by atoms with Crippen LogP contribution in [0.15, 0.2) is 36.4 Å². The first-order valence-corrected chi connectivity index (χ1v) is 9.41. The number of ether oxygens (including phenoxy) is 1. The quantitative estimate of drug-likeness (QED) is 0.809. The Hall–Kier alpha value is -2.02. The third-order valence-corrected chi connectivity index (χ3v) is 5.08. The number of benzene rings is 1. The average molecular weight is 373 g/mol. The van der Waals surface area contributed by atoms with Crippen molar-refractivity contribution in [2.24, 2.45) is 0 Å². The summed E-state index contributed by atoms with van der Waals surface area (Å²) in [6.07, 6.45) is 0.731. The van der Waals surface area contributed by atoms with E-state index in [0.29, 0.717) is 0 Å². The van der Waals surface area contributed by atoms with E-state index >= 15 is 0 Å². The van der Waals surface area contributed by atoms with Crippen molar-refractivity contribution in [2.75, 3.05) is 33.4 Å². The Labute approximate surface area is 160 Å². The number of aliphatic hydroxyl groups excluding tert-OH is 1. The number of aliphatic hydroxyl groups is 1. The lowest BCUT2D eigenvalue weighted by Crippen LogP contribution is -2.52. The second-order valence-electron chi connectivity index (χ2n) is 7.11. The molecule has 0 saturated carbocycles. The van der Waals surface area contributed by atoms with Crippen molar-refractivity contribution in [3.05, 3.63) is 59.2 Å². The van der Waals surface area contributed by atoms with Crippen LogP contribution in [0.2, 0.25) is 0 Å². The minimum Gasteiger partial charge on any atom is -0.494 e. The summed E-state index contributed by atoms with van der Waals surface area (Å²) in [5, 5.41) is 9.50. The van der Waals surface area contributed by atoms with Crippen molar-refractivity contribution in [3.8, 4) is 5.75 Å². The monoisotopic (exact) mass is 373 g/mol. The maximum Gasteiger partial charge on any atom is 0.165 e. The topological polar surface area (TPSA) is 48.8 Å². The van der Waals surface area contributed by atoms with Crippen molar-refractivity contribution in [1.82, 2.24) is 14.8 Å². The van der Waals surface area contributed by atoms with E-state index in [9.17, 15) is 9.50 Å². The summed E-state index contributed by atoms with van der Waals surface area (Å²) >= 11 is 0. The number of aromatic nitrogens is 1. The zero-order chi connectivity index (χ0) is 19.2. The molecule has 146 valence electrons. The van der Waals surface area contributed by atoms with Gasteiger partial charge in [-0.3, -0.25) is 14.8 Å². The predicted octanol–water partition coefficient (Wildman–Crippen LogP) is 2.61. The average Bonchev–Trinajstić information content (AvgIpc) is 2.65. The zero-order valence-corrected chi connectivity index (χ0v) is 16.1. The highest BCUT2D eigenvalue weighted by atomic mass is 19.1. The van der Waals surface area contributed by atoms with Crippen LogP contribution in [0.5, 0.6) is 5.75 Å². The number of hydrogen-bond acceptors (Lipinski definition) is 5. The molecule has 0 spiro atoms. The number of hydrogen-bond donors (Lipinski definition) is 1. The first kappa shape index (κ1) is 19.7. The van der Waals surface area contributed by atoms with Gasteiger partial charge in [0.1, 0.15) is 0 Å². The van der Waals surface area contributed by atoms with E-state index in [1.165, 1.54) is 13.2 Å². The van der Waals surface area contributed by atoms with Crippen molar-refractivity contribution >= 4 is 0 Å². The fraction of sp³-hybridized carbons (Fsp3) is 0.476. The highest BCUT2D eigenvalue weighted by Gasteiger charge is 2.27. The molecule has 0 unspecified atom stereocenters. The molecule has 0 bridgehead atoms. The minimum absolute atomic E-state index is 0.167. The maximum absolute atomic E-state index is 13.6. The van der Waals surface area contributed by atoms with E-state index in [2.05, 4.69) is 20.9 Å². The van der Waals surface area contributed by atoms with E-state index in [-0.39, 0.29) is 24.2 Å². The summed E-state index contributed by atoms with van der Waals surface area (Å²) in [6.45, 7) is 6.42. The predicted molar refractivity (Wildman–Crippen MR) is 103 cm³/mol. The Morgan fingerprint density at radius 1 is 1.22 bits per heavy atom. The highest BCUT2D eigenvalue weighted by molar-refractivity contribution is 5.30. The molecule has 1 atom stereocenters. The fourth-order valence-electron chi connectivity index (χ4n) is 3.69. The SMILES string of the molecule is COc1cc(CN2CCN(Cc3cccc(C)n3)[C@H](CCO)C2)ccc1F. The molecule has 1 aliphatic rings. The number of piperazine rings is 1. The first-order chi connectivity index (χ1) is 13.1. The molecule has 3 rings (SSSR count). The van der Waals surface area contributed by atoms with Gasteiger partial charge in [0, 0.05) is 51.1 Å². The Bertz CT molecular complexity index is 756. The van der Waals surface area contributed by atoms with Crippen LogP contribution in [0.3, 0.4) is 0 Å². The number of pyridine rings is 1. The third kappa shape index (κ3) is 5.25. The molecule has 0 aliphatic carbocycles. The molecule has 1 aliphatic heterocycles. The highest BCUT2D eigenvalue weighted by Crippen LogP contribution is 2.22. The molecule has 1 saturated heterocycles. The molecule has 2 heterocycles. The lowest BCUT2D eigenvalue weighted by atomic mass is 10.1. The van der Waals surface area contributed by atoms with Crippen molar-refractivity contribution in [2.45, 2.75) is 32.5 Å². The van der Waals surface area contributed by atoms with Gasteiger partial charge >= 0.3 is 0 Å². The molecule has 0 radical (unpaired) electrons. The number of rotatable bonds is 7. The van der Waals surface area contributed by atoms with Crippen LogP contribution in [-0.2, 0) is 13.1 Å². The molecule has 5 nitrogen and oxygen atoms in total. The van der Waals surface area contributed by atoms with Gasteiger partial charge in [0.15, 0.2) is 11.6 Å². The van der Waals surface area contributed by atoms with Gasteiger partial charge < -0.3 is 9.84 Å². The summed E-state index contributed by atoms with van der Waals surface area (Å²) < 4.78 is 18.7. The third-order valence-electron chi connectivity index (χ3n) is 5.08. The lowest BCUT2D eigenvalue weighted by molar-refractivity contribution is 0.0491. The fourth-order valence-corrected chi connectivity index (χ4v) is 3.69. The van der Waals surface area contributed by atoms with Crippen LogP contribution >= 0.6 is 0 Å². The Balaban J connectivity index is 1.64. The van der Waals surface area contributed by atoms with Crippen LogP contribution in [0, 0.1) is 12.7 Å². The Kier molecular flexibility index (Phi) is 6.77. The van der Waals surface area contributed by atoms with Gasteiger partial charge in [0.25, 0.3) is 0 Å². The van der Waals surface area contributed by atoms with Gasteiger partial charge in [-0.2, -0.15) is 0 Å². The molecule has 2 aromatic rings. The summed E-state index contributed by atoms with van der Waals surface area (Å²) in [5.41, 5.74) is 3.12. The van der Waals surface area contributed by atoms with Gasteiger partial charge in [-0.1, -0.05) is 12.1 Å². The number of halogens is 1. The van der Waals surface area contributed by atoms with Crippen molar-refractivity contribution in [1.29, 1.82) is 0 Å². The maximum atomic E-state index is 13.6. The van der Waals surface area contributed by atoms with Gasteiger partial charge in [0.2, 0.25) is 0 Å². The van der Waals surface area contributed by atoms with Crippen LogP contribution in [0.1, 0.15) is 23.4 Å². The van der Waals surface area contributed by atoms with Crippen molar-refractivity contribution in [3.63, 3.8) is 0 Å². The van der Waals surface area contributed by atoms with E-state index in [4.69, 9.17) is 4.74 Å². The number of nitrogens with zero attached hydrogens (tertiary/aromatic N) is 3. The van der Waals surface area contributed by atoms with E-state index in [0.717, 1.165) is 56.1 Å². The second kappa shape index (κ2) is 9.26. The molecule has 1 fully saturated rings. The summed E-state index contributed by atoms with van der Waals surface area (Å²) in [4.78, 5) is 9.37. The number of methoxy groups -OCH3 is 1. The standard InChI is InChI=1S/C21H28FN3O2/c1-16-4-3-5-18(23-16)14-25-10-9-24(15-19(25)8-11-26)13-17-6-7-20(22)21(12-17)27-2/h3-7,12,19,26H,8-11,13-15H2,1-2H3/t19-/m1/s1. The van der Waals surface area contributed by atoms with Gasteiger partial charge in [-0.25, -0.2) is 4.39 Å². The number of aryl methyl sites for hydroxylation is 1. The molecule has 1 aromatic heterocycles. The molecule has 1 aromatic carbocycles. The molecule has 6 heteroatoms. The molecular formula is C21H28FN3O2. The van der Waals surface area contributed by atoms with E-state index < -0.39 is 0 Å². The van der Waals surface area contributed by atoms with Gasteiger partial charge in [-0.15, -0.1) is 0 Å². The molecule has 27 heavy (non-hydrogen) atoms. The van der Waals surface area contributed by atoms with Gasteiger partial charge in [0.05, 0.1) is 12.8 Å². The van der Waals surface area contributed by atoms with Crippen LogP contribution in [0.25, 0.3) is 0 Å². The Morgan fingerprint density at radius 2 is 2.07 bits per heavy atom. The molecular weight excluding hydrogens is 345 g/mol. The zero-order valence-electron chi connectivity index (χ0n) is 16.1. The smallest absolute Gasteiger partial charge is 0.165 e. The lowest BCUT2D eigenvalue weighted by Gasteiger charge is -2.41. The summed E-state index contributed by atoms with van der Waals surface area (Å²) in [5.74, 6) is -0.0570. The van der Waals surface area contributed by atoms with Crippen LogP contribution < -0.4 is 4.74 Å². The van der Waals surface area contributed by atoms with E-state index in [1.807, 2.05) is 25.1 Å². The Morgan fingerprint density at radius 3 is 2.81 bits per heavy atom. The van der Waals surface area contributed by atoms with Crippen LogP contribution in [-0.4, -0.2) is 59.3 Å². The summed E-state index contributed by atoms with van der Waals surface area (Å²) in [6, 6.07) is 11.4.